The minimum atomic E-state index is -0.391. The summed E-state index contributed by atoms with van der Waals surface area (Å²) in [4.78, 5) is 29.9. The van der Waals surface area contributed by atoms with Crippen molar-refractivity contribution >= 4 is 46.5 Å². The molecule has 4 rings (SSSR count). The number of hydrogen-bond acceptors (Lipinski definition) is 5. The van der Waals surface area contributed by atoms with Gasteiger partial charge in [0.05, 0.1) is 29.1 Å². The van der Waals surface area contributed by atoms with E-state index >= 15 is 0 Å². The zero-order valence-corrected chi connectivity index (χ0v) is 25.0. The van der Waals surface area contributed by atoms with Crippen molar-refractivity contribution in [3.05, 3.63) is 87.9 Å². The van der Waals surface area contributed by atoms with Crippen LogP contribution in [0, 0.1) is 5.92 Å². The van der Waals surface area contributed by atoms with Gasteiger partial charge in [0, 0.05) is 42.5 Å². The van der Waals surface area contributed by atoms with Crippen LogP contribution < -0.4 is 15.4 Å². The molecule has 3 aromatic rings. The van der Waals surface area contributed by atoms with Gasteiger partial charge < -0.3 is 25.4 Å². The van der Waals surface area contributed by atoms with Crippen LogP contribution in [-0.4, -0.2) is 65.7 Å². The number of aliphatic hydroxyl groups excluding tert-OH is 1. The summed E-state index contributed by atoms with van der Waals surface area (Å²) in [6, 6.07) is 19.3. The van der Waals surface area contributed by atoms with E-state index in [1.807, 2.05) is 44.3 Å². The Labute approximate surface area is 251 Å². The molecule has 3 atom stereocenters. The third-order valence-corrected chi connectivity index (χ3v) is 7.87. The van der Waals surface area contributed by atoms with E-state index in [-0.39, 0.29) is 37.0 Å². The molecule has 0 aromatic heterocycles. The van der Waals surface area contributed by atoms with Crippen LogP contribution in [0.3, 0.4) is 0 Å². The van der Waals surface area contributed by atoms with E-state index in [4.69, 9.17) is 27.9 Å². The average molecular weight is 600 g/mol. The highest BCUT2D eigenvalue weighted by atomic mass is 35.5. The predicted molar refractivity (Wildman–Crippen MR) is 164 cm³/mol. The van der Waals surface area contributed by atoms with Gasteiger partial charge in [0.15, 0.2) is 0 Å². The lowest BCUT2D eigenvalue weighted by Gasteiger charge is -2.34. The monoisotopic (exact) mass is 598 g/mol. The lowest BCUT2D eigenvalue weighted by Crippen LogP contribution is -2.47. The van der Waals surface area contributed by atoms with Gasteiger partial charge in [0.25, 0.3) is 0 Å². The molecule has 3 aromatic carbocycles. The minimum Gasteiger partial charge on any atom is -0.488 e. The van der Waals surface area contributed by atoms with E-state index in [0.29, 0.717) is 52.4 Å². The van der Waals surface area contributed by atoms with Gasteiger partial charge in [-0.15, -0.1) is 0 Å². The van der Waals surface area contributed by atoms with Gasteiger partial charge in [-0.3, -0.25) is 9.69 Å². The van der Waals surface area contributed by atoms with Gasteiger partial charge in [-0.1, -0.05) is 54.4 Å². The second-order valence-electron chi connectivity index (χ2n) is 10.6. The van der Waals surface area contributed by atoms with E-state index in [0.717, 1.165) is 5.56 Å². The second-order valence-corrected chi connectivity index (χ2v) is 11.4. The van der Waals surface area contributed by atoms with E-state index in [1.54, 1.807) is 41.3 Å². The highest BCUT2D eigenvalue weighted by Crippen LogP contribution is 2.30. The largest absolute Gasteiger partial charge is 0.488 e. The number of aliphatic hydroxyl groups is 1. The van der Waals surface area contributed by atoms with Crippen molar-refractivity contribution in [1.29, 1.82) is 0 Å². The average Bonchev–Trinajstić information content (AvgIpc) is 2.98. The number of fused-ring (bicyclic) bond motifs is 1. The number of ether oxygens (including phenoxy) is 1. The Morgan fingerprint density at radius 1 is 1.07 bits per heavy atom. The first-order valence-corrected chi connectivity index (χ1v) is 14.3. The SMILES string of the molecule is C[C@@H]1CN([C@@H](C)CO)C(=O)Cc2cc(NC(=O)Nc3ccccc3)ccc2O[C@@H]1CN(C)Cc1ccc(Cl)c(Cl)c1. The van der Waals surface area contributed by atoms with Gasteiger partial charge in [-0.25, -0.2) is 4.79 Å². The van der Waals surface area contributed by atoms with Gasteiger partial charge in [-0.2, -0.15) is 0 Å². The number of hydrogen-bond donors (Lipinski definition) is 3. The molecule has 218 valence electrons. The molecule has 0 saturated heterocycles. The van der Waals surface area contributed by atoms with Crippen LogP contribution in [-0.2, 0) is 17.8 Å². The summed E-state index contributed by atoms with van der Waals surface area (Å²) in [6.07, 6.45) is -0.186. The third-order valence-electron chi connectivity index (χ3n) is 7.13. The number of amides is 3. The minimum absolute atomic E-state index is 0.0374. The van der Waals surface area contributed by atoms with Gasteiger partial charge in [0.2, 0.25) is 5.91 Å². The summed E-state index contributed by atoms with van der Waals surface area (Å²) in [5.41, 5.74) is 2.89. The molecule has 0 spiro atoms. The molecule has 0 radical (unpaired) electrons. The number of nitrogens with one attached hydrogen (secondary N) is 2. The summed E-state index contributed by atoms with van der Waals surface area (Å²) in [5, 5.41) is 16.5. The molecule has 41 heavy (non-hydrogen) atoms. The predicted octanol–water partition coefficient (Wildman–Crippen LogP) is 5.92. The maximum Gasteiger partial charge on any atom is 0.323 e. The molecule has 0 saturated carbocycles. The van der Waals surface area contributed by atoms with Crippen LogP contribution in [0.4, 0.5) is 16.2 Å². The maximum absolute atomic E-state index is 13.5. The first kappa shape index (κ1) is 30.7. The Morgan fingerprint density at radius 3 is 2.51 bits per heavy atom. The Hall–Kier alpha value is -3.30. The summed E-state index contributed by atoms with van der Waals surface area (Å²) in [5.74, 6) is 0.439. The van der Waals surface area contributed by atoms with Crippen LogP contribution in [0.2, 0.25) is 10.0 Å². The van der Waals surface area contributed by atoms with Crippen molar-refractivity contribution in [2.45, 2.75) is 39.0 Å². The molecule has 3 amide bonds. The fourth-order valence-corrected chi connectivity index (χ4v) is 5.18. The van der Waals surface area contributed by atoms with Crippen molar-refractivity contribution in [3.63, 3.8) is 0 Å². The molecule has 0 aliphatic carbocycles. The fourth-order valence-electron chi connectivity index (χ4n) is 4.86. The number of rotatable bonds is 8. The molecule has 1 heterocycles. The maximum atomic E-state index is 13.5. The number of carbonyl (C=O) groups excluding carboxylic acids is 2. The van der Waals surface area contributed by atoms with E-state index in [1.165, 1.54) is 0 Å². The third kappa shape index (κ3) is 8.36. The molecular formula is C31H36Cl2N4O4. The Balaban J connectivity index is 1.56. The van der Waals surface area contributed by atoms with E-state index < -0.39 is 6.03 Å². The Morgan fingerprint density at radius 2 is 1.80 bits per heavy atom. The highest BCUT2D eigenvalue weighted by molar-refractivity contribution is 6.42. The quantitative estimate of drug-likeness (QED) is 0.299. The van der Waals surface area contributed by atoms with Gasteiger partial charge in [-0.05, 0) is 62.0 Å². The normalized spacial score (nSPS) is 18.0. The smallest absolute Gasteiger partial charge is 0.323 e. The molecule has 1 aliphatic heterocycles. The molecule has 3 N–H and O–H groups in total. The zero-order valence-electron chi connectivity index (χ0n) is 23.4. The lowest BCUT2D eigenvalue weighted by atomic mass is 10.0. The van der Waals surface area contributed by atoms with Crippen LogP contribution >= 0.6 is 23.2 Å². The standard InChI is InChI=1S/C31H36Cl2N4O4/c1-20-16-37(21(2)19-38)30(39)15-23-14-25(35-31(40)34-24-7-5-4-6-8-24)10-12-28(23)41-29(20)18-36(3)17-22-9-11-26(32)27(33)13-22/h4-14,20-21,29,38H,15-19H2,1-3H3,(H2,34,35,40)/t20-,21+,29-/m1/s1. The molecule has 0 fully saturated rings. The number of para-hydroxylation sites is 1. The van der Waals surface area contributed by atoms with Gasteiger partial charge in [0.1, 0.15) is 11.9 Å². The summed E-state index contributed by atoms with van der Waals surface area (Å²) in [7, 11) is 2.00. The first-order chi connectivity index (χ1) is 19.6. The number of nitrogens with zero attached hydrogens (tertiary/aromatic N) is 2. The highest BCUT2D eigenvalue weighted by Gasteiger charge is 2.31. The number of urea groups is 1. The summed E-state index contributed by atoms with van der Waals surface area (Å²) in [6.45, 7) is 5.39. The number of benzene rings is 3. The first-order valence-electron chi connectivity index (χ1n) is 13.6. The topological polar surface area (TPSA) is 94.1 Å². The lowest BCUT2D eigenvalue weighted by molar-refractivity contribution is -0.134. The molecular weight excluding hydrogens is 563 g/mol. The number of carbonyl (C=O) groups is 2. The molecule has 10 heteroatoms. The van der Waals surface area contributed by atoms with Crippen molar-refractivity contribution in [1.82, 2.24) is 9.80 Å². The number of likely N-dealkylation sites (N-methyl/N-ethyl adjacent to an activating group) is 1. The molecule has 0 bridgehead atoms. The zero-order chi connectivity index (χ0) is 29.5. The molecule has 8 nitrogen and oxygen atoms in total. The number of halogens is 2. The van der Waals surface area contributed by atoms with Crippen LogP contribution in [0.1, 0.15) is 25.0 Å². The van der Waals surface area contributed by atoms with Crippen LogP contribution in [0.15, 0.2) is 66.7 Å². The van der Waals surface area contributed by atoms with Crippen molar-refractivity contribution in [2.75, 3.05) is 37.4 Å². The van der Waals surface area contributed by atoms with E-state index in [9.17, 15) is 14.7 Å². The Kier molecular flexibility index (Phi) is 10.5. The van der Waals surface area contributed by atoms with Crippen LogP contribution in [0.5, 0.6) is 5.75 Å². The van der Waals surface area contributed by atoms with Crippen molar-refractivity contribution in [3.8, 4) is 5.75 Å². The molecule has 0 unspecified atom stereocenters. The fraction of sp³-hybridized carbons (Fsp3) is 0.355. The molecule has 1 aliphatic rings. The Bertz CT molecular complexity index is 1360. The summed E-state index contributed by atoms with van der Waals surface area (Å²) < 4.78 is 6.59. The van der Waals surface area contributed by atoms with Crippen molar-refractivity contribution < 1.29 is 19.4 Å². The van der Waals surface area contributed by atoms with Crippen molar-refractivity contribution in [2.24, 2.45) is 5.92 Å². The number of anilines is 2. The van der Waals surface area contributed by atoms with Crippen LogP contribution in [0.25, 0.3) is 0 Å². The van der Waals surface area contributed by atoms with Gasteiger partial charge >= 0.3 is 6.03 Å². The summed E-state index contributed by atoms with van der Waals surface area (Å²) >= 11 is 12.3. The second kappa shape index (κ2) is 14.0. The van der Waals surface area contributed by atoms with E-state index in [2.05, 4.69) is 22.5 Å².